The van der Waals surface area contributed by atoms with Crippen LogP contribution in [0.3, 0.4) is 0 Å². The van der Waals surface area contributed by atoms with Gasteiger partial charge in [-0.15, -0.1) is 0 Å². The lowest BCUT2D eigenvalue weighted by atomic mass is 10.1. The Bertz CT molecular complexity index is 1040. The summed E-state index contributed by atoms with van der Waals surface area (Å²) in [5.74, 6) is 0.562. The minimum absolute atomic E-state index is 0.0932. The Hall–Kier alpha value is -3.69. The number of ether oxygens (including phenoxy) is 1. The summed E-state index contributed by atoms with van der Waals surface area (Å²) in [5.41, 5.74) is 1.44. The van der Waals surface area contributed by atoms with E-state index in [-0.39, 0.29) is 30.7 Å². The second-order valence-electron chi connectivity index (χ2n) is 6.74. The molecule has 10 nitrogen and oxygen atoms in total. The van der Waals surface area contributed by atoms with Crippen LogP contribution in [-0.4, -0.2) is 45.4 Å². The number of nitrogens with zero attached hydrogens (tertiary/aromatic N) is 5. The number of carbonyl (C=O) groups is 2. The van der Waals surface area contributed by atoms with E-state index in [4.69, 9.17) is 9.26 Å². The summed E-state index contributed by atoms with van der Waals surface area (Å²) in [5, 5.41) is 10.7. The number of amides is 2. The fourth-order valence-electron chi connectivity index (χ4n) is 3.20. The highest BCUT2D eigenvalue weighted by Crippen LogP contribution is 2.28. The van der Waals surface area contributed by atoms with Crippen LogP contribution >= 0.6 is 0 Å². The predicted octanol–water partition coefficient (Wildman–Crippen LogP) is 1.15. The van der Waals surface area contributed by atoms with Crippen molar-refractivity contribution in [3.8, 4) is 17.1 Å². The van der Waals surface area contributed by atoms with Gasteiger partial charge in [0.2, 0.25) is 23.5 Å². The van der Waals surface area contributed by atoms with Crippen LogP contribution in [0.1, 0.15) is 12.3 Å². The van der Waals surface area contributed by atoms with E-state index in [2.05, 4.69) is 20.6 Å². The maximum Gasteiger partial charge on any atom is 0.246 e. The first kappa shape index (κ1) is 18.7. The first-order valence-corrected chi connectivity index (χ1v) is 9.07. The summed E-state index contributed by atoms with van der Waals surface area (Å²) in [6.45, 7) is 0.401. The summed E-state index contributed by atoms with van der Waals surface area (Å²) in [4.78, 5) is 30.8. The van der Waals surface area contributed by atoms with Crippen molar-refractivity contribution in [1.82, 2.24) is 25.2 Å². The third-order valence-corrected chi connectivity index (χ3v) is 4.71. The summed E-state index contributed by atoms with van der Waals surface area (Å²) >= 11 is 0. The molecule has 3 heterocycles. The fraction of sp³-hybridized carbons (Fsp3) is 0.316. The number of aryl methyl sites for hydroxylation is 1. The monoisotopic (exact) mass is 396 g/mol. The highest BCUT2D eigenvalue weighted by atomic mass is 16.5. The molecule has 0 spiro atoms. The molecule has 150 valence electrons. The third-order valence-electron chi connectivity index (χ3n) is 4.71. The topological polar surface area (TPSA) is 115 Å². The van der Waals surface area contributed by atoms with Crippen molar-refractivity contribution >= 4 is 17.5 Å². The molecule has 1 aliphatic rings. The van der Waals surface area contributed by atoms with E-state index < -0.39 is 5.92 Å². The number of carbonyl (C=O) groups excluding carboxylic acids is 2. The van der Waals surface area contributed by atoms with Gasteiger partial charge in [0, 0.05) is 38.0 Å². The lowest BCUT2D eigenvalue weighted by Gasteiger charge is -2.17. The Morgan fingerprint density at radius 3 is 3.03 bits per heavy atom. The molecule has 4 rings (SSSR count). The van der Waals surface area contributed by atoms with E-state index in [0.29, 0.717) is 23.8 Å². The second-order valence-corrected chi connectivity index (χ2v) is 6.74. The van der Waals surface area contributed by atoms with Crippen LogP contribution in [0.4, 0.5) is 5.69 Å². The molecule has 2 aromatic heterocycles. The van der Waals surface area contributed by atoms with Gasteiger partial charge in [-0.05, 0) is 12.1 Å². The maximum atomic E-state index is 12.5. The number of rotatable bonds is 6. The molecule has 1 fully saturated rings. The second kappa shape index (κ2) is 7.74. The van der Waals surface area contributed by atoms with Crippen LogP contribution in [0.5, 0.6) is 5.75 Å². The summed E-state index contributed by atoms with van der Waals surface area (Å²) < 4.78 is 12.0. The minimum atomic E-state index is -0.450. The molecule has 0 aliphatic carbocycles. The molecule has 1 N–H and O–H groups in total. The minimum Gasteiger partial charge on any atom is -0.497 e. The molecule has 1 atom stereocenters. The van der Waals surface area contributed by atoms with Gasteiger partial charge in [0.15, 0.2) is 0 Å². The van der Waals surface area contributed by atoms with Gasteiger partial charge < -0.3 is 19.5 Å². The van der Waals surface area contributed by atoms with E-state index in [1.165, 1.54) is 0 Å². The van der Waals surface area contributed by atoms with Gasteiger partial charge in [-0.25, -0.2) is 0 Å². The fourth-order valence-corrected chi connectivity index (χ4v) is 3.20. The van der Waals surface area contributed by atoms with Crippen LogP contribution in [0.25, 0.3) is 11.4 Å². The van der Waals surface area contributed by atoms with Gasteiger partial charge in [0.25, 0.3) is 0 Å². The number of methoxy groups -OCH3 is 1. The number of benzene rings is 1. The molecular formula is C19H20N6O4. The van der Waals surface area contributed by atoms with Crippen molar-refractivity contribution < 1.29 is 18.8 Å². The smallest absolute Gasteiger partial charge is 0.246 e. The SMILES string of the molecule is COc1cccc(N2C[C@H](C(=O)NCc3nc(-c4cnn(C)c4)no3)CC2=O)c1. The van der Waals surface area contributed by atoms with Crippen molar-refractivity contribution in [3.05, 3.63) is 42.5 Å². The van der Waals surface area contributed by atoms with Crippen molar-refractivity contribution in [3.63, 3.8) is 0 Å². The van der Waals surface area contributed by atoms with Crippen LogP contribution in [0.15, 0.2) is 41.2 Å². The quantitative estimate of drug-likeness (QED) is 0.664. The molecule has 0 unspecified atom stereocenters. The van der Waals surface area contributed by atoms with E-state index in [1.807, 2.05) is 12.1 Å². The van der Waals surface area contributed by atoms with Crippen molar-refractivity contribution in [1.29, 1.82) is 0 Å². The highest BCUT2D eigenvalue weighted by molar-refractivity contribution is 6.00. The molecule has 10 heteroatoms. The standard InChI is InChI=1S/C19H20N6O4/c1-24-10-13(8-21-24)18-22-16(29-23-18)9-20-19(27)12-6-17(26)25(11-12)14-4-3-5-15(7-14)28-2/h3-5,7-8,10,12H,6,9,11H2,1-2H3,(H,20,27)/t12-/m1/s1. The van der Waals surface area contributed by atoms with Crippen LogP contribution < -0.4 is 15.0 Å². The Labute approximate surface area is 166 Å². The highest BCUT2D eigenvalue weighted by Gasteiger charge is 2.35. The molecule has 1 aromatic carbocycles. The van der Waals surface area contributed by atoms with Crippen molar-refractivity contribution in [2.75, 3.05) is 18.6 Å². The molecule has 0 saturated carbocycles. The lowest BCUT2D eigenvalue weighted by molar-refractivity contribution is -0.126. The van der Waals surface area contributed by atoms with Gasteiger partial charge in [0.05, 0.1) is 31.3 Å². The normalized spacial score (nSPS) is 16.3. The van der Waals surface area contributed by atoms with Gasteiger partial charge in [-0.1, -0.05) is 11.2 Å². The van der Waals surface area contributed by atoms with Gasteiger partial charge >= 0.3 is 0 Å². The van der Waals surface area contributed by atoms with Gasteiger partial charge in [0.1, 0.15) is 5.75 Å². The zero-order chi connectivity index (χ0) is 20.4. The maximum absolute atomic E-state index is 12.5. The van der Waals surface area contributed by atoms with Crippen molar-refractivity contribution in [2.24, 2.45) is 13.0 Å². The third kappa shape index (κ3) is 3.96. The van der Waals surface area contributed by atoms with Crippen LogP contribution in [-0.2, 0) is 23.2 Å². The number of aromatic nitrogens is 4. The number of hydrogen-bond acceptors (Lipinski definition) is 7. The van der Waals surface area contributed by atoms with E-state index in [9.17, 15) is 9.59 Å². The first-order valence-electron chi connectivity index (χ1n) is 9.07. The molecule has 2 amide bonds. The van der Waals surface area contributed by atoms with Gasteiger partial charge in [-0.2, -0.15) is 10.1 Å². The number of nitrogens with one attached hydrogen (secondary N) is 1. The molecule has 29 heavy (non-hydrogen) atoms. The average Bonchev–Trinajstić information content (AvgIpc) is 3.46. The van der Waals surface area contributed by atoms with Crippen LogP contribution in [0.2, 0.25) is 0 Å². The zero-order valence-electron chi connectivity index (χ0n) is 16.0. The molecular weight excluding hydrogens is 376 g/mol. The first-order chi connectivity index (χ1) is 14.0. The Balaban J connectivity index is 1.36. The van der Waals surface area contributed by atoms with Crippen LogP contribution in [0, 0.1) is 5.92 Å². The molecule has 0 radical (unpaired) electrons. The Morgan fingerprint density at radius 1 is 1.41 bits per heavy atom. The predicted molar refractivity (Wildman–Crippen MR) is 102 cm³/mol. The molecule has 1 aliphatic heterocycles. The Morgan fingerprint density at radius 2 is 2.28 bits per heavy atom. The molecule has 3 aromatic rings. The number of anilines is 1. The molecule has 0 bridgehead atoms. The zero-order valence-corrected chi connectivity index (χ0v) is 16.0. The lowest BCUT2D eigenvalue weighted by Crippen LogP contribution is -2.32. The van der Waals surface area contributed by atoms with Crippen molar-refractivity contribution in [2.45, 2.75) is 13.0 Å². The van der Waals surface area contributed by atoms with E-state index >= 15 is 0 Å². The van der Waals surface area contributed by atoms with Gasteiger partial charge in [-0.3, -0.25) is 14.3 Å². The average molecular weight is 396 g/mol. The number of hydrogen-bond donors (Lipinski definition) is 1. The summed E-state index contributed by atoms with van der Waals surface area (Å²) in [6, 6.07) is 7.21. The van der Waals surface area contributed by atoms with E-state index in [1.54, 1.807) is 48.3 Å². The summed E-state index contributed by atoms with van der Waals surface area (Å²) in [6.07, 6.45) is 3.54. The largest absolute Gasteiger partial charge is 0.497 e. The summed E-state index contributed by atoms with van der Waals surface area (Å²) in [7, 11) is 3.36. The molecule has 1 saturated heterocycles. The Kier molecular flexibility index (Phi) is 4.98. The van der Waals surface area contributed by atoms with E-state index in [0.717, 1.165) is 5.56 Å².